The van der Waals surface area contributed by atoms with Crippen molar-refractivity contribution in [3.8, 4) is 0 Å². The van der Waals surface area contributed by atoms with Crippen LogP contribution >= 0.6 is 11.3 Å². The molecule has 2 atom stereocenters. The normalized spacial score (nSPS) is 26.8. The number of benzene rings is 1. The number of carbonyl (C=O) groups excluding carboxylic acids is 2. The van der Waals surface area contributed by atoms with E-state index in [0.29, 0.717) is 32.5 Å². The minimum atomic E-state index is -0.520. The lowest BCUT2D eigenvalue weighted by Gasteiger charge is -2.31. The van der Waals surface area contributed by atoms with Crippen LogP contribution in [-0.2, 0) is 20.7 Å². The van der Waals surface area contributed by atoms with Crippen molar-refractivity contribution in [3.63, 3.8) is 0 Å². The Hall–Kier alpha value is -1.99. The highest BCUT2D eigenvalue weighted by atomic mass is 32.1. The van der Waals surface area contributed by atoms with Gasteiger partial charge in [0.2, 0.25) is 11.8 Å². The van der Waals surface area contributed by atoms with Gasteiger partial charge in [-0.2, -0.15) is 0 Å². The largest absolute Gasteiger partial charge is 0.351 e. The molecule has 0 bridgehead atoms. The summed E-state index contributed by atoms with van der Waals surface area (Å²) in [4.78, 5) is 33.4. The SMILES string of the molecule is O=C(CCCCc1nc2ccccc2s1)N1CC[C@@]23OCCN2C(=O)C[C@@H]13. The van der Waals surface area contributed by atoms with Crippen LogP contribution in [0.25, 0.3) is 10.2 Å². The molecule has 3 fully saturated rings. The first-order valence-electron chi connectivity index (χ1n) is 9.76. The summed E-state index contributed by atoms with van der Waals surface area (Å²) in [6, 6.07) is 8.09. The Morgan fingerprint density at radius 2 is 2.19 bits per heavy atom. The van der Waals surface area contributed by atoms with Crippen molar-refractivity contribution in [1.82, 2.24) is 14.8 Å². The molecule has 1 spiro atoms. The van der Waals surface area contributed by atoms with E-state index < -0.39 is 5.72 Å². The number of likely N-dealkylation sites (tertiary alicyclic amines) is 1. The van der Waals surface area contributed by atoms with Crippen molar-refractivity contribution >= 4 is 33.4 Å². The highest BCUT2D eigenvalue weighted by Gasteiger charge is 2.62. The summed E-state index contributed by atoms with van der Waals surface area (Å²) in [6.07, 6.45) is 4.42. The Labute approximate surface area is 162 Å². The number of hydrogen-bond donors (Lipinski definition) is 0. The highest BCUT2D eigenvalue weighted by molar-refractivity contribution is 7.18. The lowest BCUT2D eigenvalue weighted by atomic mass is 10.1. The average Bonchev–Trinajstić information content (AvgIpc) is 3.39. The van der Waals surface area contributed by atoms with Crippen LogP contribution in [0.4, 0.5) is 0 Å². The molecule has 0 saturated carbocycles. The smallest absolute Gasteiger partial charge is 0.227 e. The van der Waals surface area contributed by atoms with Gasteiger partial charge in [0.05, 0.1) is 34.3 Å². The lowest BCUT2D eigenvalue weighted by Crippen LogP contribution is -2.48. The molecule has 1 aromatic carbocycles. The van der Waals surface area contributed by atoms with Crippen LogP contribution in [0.3, 0.4) is 0 Å². The number of carbonyl (C=O) groups is 2. The van der Waals surface area contributed by atoms with Gasteiger partial charge in [-0.3, -0.25) is 9.59 Å². The van der Waals surface area contributed by atoms with Crippen molar-refractivity contribution in [2.75, 3.05) is 19.7 Å². The molecule has 2 amide bonds. The van der Waals surface area contributed by atoms with Gasteiger partial charge in [-0.25, -0.2) is 4.98 Å². The minimum absolute atomic E-state index is 0.0933. The summed E-state index contributed by atoms with van der Waals surface area (Å²) >= 11 is 1.74. The molecular weight excluding hydrogens is 362 g/mol. The van der Waals surface area contributed by atoms with Gasteiger partial charge in [0.1, 0.15) is 0 Å². The number of para-hydroxylation sites is 1. The van der Waals surface area contributed by atoms with Crippen molar-refractivity contribution < 1.29 is 14.3 Å². The maximum absolute atomic E-state index is 12.8. The van der Waals surface area contributed by atoms with Gasteiger partial charge in [-0.15, -0.1) is 11.3 Å². The number of hydrogen-bond acceptors (Lipinski definition) is 5. The average molecular weight is 385 g/mol. The van der Waals surface area contributed by atoms with E-state index in [0.717, 1.165) is 36.2 Å². The molecule has 3 aliphatic rings. The molecule has 2 aromatic rings. The molecule has 1 aromatic heterocycles. The maximum Gasteiger partial charge on any atom is 0.227 e. The fraction of sp³-hybridized carbons (Fsp3) is 0.550. The van der Waals surface area contributed by atoms with Gasteiger partial charge in [-0.1, -0.05) is 12.1 Å². The highest BCUT2D eigenvalue weighted by Crippen LogP contribution is 2.45. The Balaban J connectivity index is 1.15. The molecule has 3 saturated heterocycles. The molecule has 5 rings (SSSR count). The van der Waals surface area contributed by atoms with Crippen molar-refractivity contribution in [3.05, 3.63) is 29.3 Å². The van der Waals surface area contributed by atoms with Crippen LogP contribution in [-0.4, -0.2) is 58.1 Å². The fourth-order valence-electron chi connectivity index (χ4n) is 4.81. The van der Waals surface area contributed by atoms with Gasteiger partial charge in [-0.05, 0) is 31.4 Å². The zero-order chi connectivity index (χ0) is 18.4. The van der Waals surface area contributed by atoms with Gasteiger partial charge < -0.3 is 14.5 Å². The first-order valence-corrected chi connectivity index (χ1v) is 10.6. The second-order valence-corrected chi connectivity index (χ2v) is 8.69. The van der Waals surface area contributed by atoms with Crippen LogP contribution in [0.15, 0.2) is 24.3 Å². The summed E-state index contributed by atoms with van der Waals surface area (Å²) in [5.74, 6) is 0.289. The number of rotatable bonds is 5. The summed E-state index contributed by atoms with van der Waals surface area (Å²) in [6.45, 7) is 1.96. The number of unbranched alkanes of at least 4 members (excludes halogenated alkanes) is 1. The van der Waals surface area contributed by atoms with E-state index in [4.69, 9.17) is 4.74 Å². The van der Waals surface area contributed by atoms with Crippen LogP contribution in [0, 0.1) is 0 Å². The van der Waals surface area contributed by atoms with E-state index in [9.17, 15) is 9.59 Å². The molecule has 7 heteroatoms. The van der Waals surface area contributed by atoms with E-state index in [1.165, 1.54) is 4.70 Å². The molecule has 142 valence electrons. The van der Waals surface area contributed by atoms with Crippen LogP contribution in [0.2, 0.25) is 0 Å². The lowest BCUT2D eigenvalue weighted by molar-refractivity contribution is -0.139. The van der Waals surface area contributed by atoms with Gasteiger partial charge in [0, 0.05) is 25.9 Å². The monoisotopic (exact) mass is 385 g/mol. The number of fused-ring (bicyclic) bond motifs is 1. The summed E-state index contributed by atoms with van der Waals surface area (Å²) in [5.41, 5.74) is 0.538. The second kappa shape index (κ2) is 6.56. The maximum atomic E-state index is 12.8. The van der Waals surface area contributed by atoms with Crippen LogP contribution < -0.4 is 0 Å². The topological polar surface area (TPSA) is 62.7 Å². The molecular formula is C20H23N3O3S. The number of ether oxygens (including phenoxy) is 1. The first-order chi connectivity index (χ1) is 13.2. The van der Waals surface area contributed by atoms with E-state index >= 15 is 0 Å². The summed E-state index contributed by atoms with van der Waals surface area (Å²) in [5, 5.41) is 1.14. The third-order valence-electron chi connectivity index (χ3n) is 6.09. The molecule has 0 N–H and O–H groups in total. The predicted molar refractivity (Wildman–Crippen MR) is 102 cm³/mol. The zero-order valence-electron chi connectivity index (χ0n) is 15.2. The number of amides is 2. The number of nitrogens with zero attached hydrogens (tertiary/aromatic N) is 3. The Kier molecular flexibility index (Phi) is 4.16. The molecule has 6 nitrogen and oxygen atoms in total. The molecule has 0 aliphatic carbocycles. The van der Waals surface area contributed by atoms with Gasteiger partial charge >= 0.3 is 0 Å². The van der Waals surface area contributed by atoms with E-state index in [2.05, 4.69) is 11.1 Å². The Bertz CT molecular complexity index is 864. The van der Waals surface area contributed by atoms with Crippen molar-refractivity contribution in [1.29, 1.82) is 0 Å². The van der Waals surface area contributed by atoms with Crippen LogP contribution in [0.1, 0.15) is 37.1 Å². The predicted octanol–water partition coefficient (Wildman–Crippen LogP) is 2.57. The van der Waals surface area contributed by atoms with E-state index in [1.807, 2.05) is 28.0 Å². The number of aromatic nitrogens is 1. The molecule has 4 heterocycles. The van der Waals surface area contributed by atoms with Crippen LogP contribution in [0.5, 0.6) is 0 Å². The third-order valence-corrected chi connectivity index (χ3v) is 7.19. The third kappa shape index (κ3) is 2.75. The van der Waals surface area contributed by atoms with Crippen molar-refractivity contribution in [2.24, 2.45) is 0 Å². The number of thiazole rings is 1. The molecule has 27 heavy (non-hydrogen) atoms. The molecule has 3 aliphatic heterocycles. The van der Waals surface area contributed by atoms with Gasteiger partial charge in [0.15, 0.2) is 5.72 Å². The molecule has 0 radical (unpaired) electrons. The summed E-state index contributed by atoms with van der Waals surface area (Å²) in [7, 11) is 0. The van der Waals surface area contributed by atoms with Gasteiger partial charge in [0.25, 0.3) is 0 Å². The Morgan fingerprint density at radius 3 is 3.07 bits per heavy atom. The minimum Gasteiger partial charge on any atom is -0.351 e. The zero-order valence-corrected chi connectivity index (χ0v) is 16.0. The first kappa shape index (κ1) is 17.1. The molecule has 0 unspecified atom stereocenters. The Morgan fingerprint density at radius 1 is 1.30 bits per heavy atom. The standard InChI is InChI=1S/C20H23N3O3S/c24-18(8-4-3-7-17-21-14-5-1-2-6-15(14)27-17)22-10-9-20-16(22)13-19(25)23(20)11-12-26-20/h1-2,5-6,16H,3-4,7-13H2/t16-,20+/m1/s1. The number of aryl methyl sites for hydroxylation is 1. The fourth-order valence-corrected chi connectivity index (χ4v) is 5.82. The quantitative estimate of drug-likeness (QED) is 0.742. The van der Waals surface area contributed by atoms with Crippen molar-refractivity contribution in [2.45, 2.75) is 50.3 Å². The van der Waals surface area contributed by atoms with E-state index in [-0.39, 0.29) is 17.9 Å². The summed E-state index contributed by atoms with van der Waals surface area (Å²) < 4.78 is 7.18. The second-order valence-electron chi connectivity index (χ2n) is 7.58. The van der Waals surface area contributed by atoms with E-state index in [1.54, 1.807) is 11.3 Å².